The van der Waals surface area contributed by atoms with Gasteiger partial charge in [-0.1, -0.05) is 17.2 Å². The van der Waals surface area contributed by atoms with Gasteiger partial charge in [-0.05, 0) is 52.2 Å². The van der Waals surface area contributed by atoms with Crippen LogP contribution in [0.4, 0.5) is 4.79 Å². The molecule has 0 saturated carbocycles. The maximum Gasteiger partial charge on any atom is 0.408 e. The van der Waals surface area contributed by atoms with Crippen LogP contribution in [0, 0.1) is 0 Å². The van der Waals surface area contributed by atoms with Gasteiger partial charge in [0.15, 0.2) is 0 Å². The molecule has 1 fully saturated rings. The quantitative estimate of drug-likeness (QED) is 0.719. The summed E-state index contributed by atoms with van der Waals surface area (Å²) in [6, 6.07) is 5.29. The number of amides is 4. The molecule has 2 heterocycles. The van der Waals surface area contributed by atoms with Crippen LogP contribution >= 0.6 is 0 Å². The number of imide groups is 1. The Kier molecular flexibility index (Phi) is 6.28. The molecule has 0 radical (unpaired) electrons. The maximum absolute atomic E-state index is 12.8. The standard InChI is InChI=1S/C21H25N3O7/c1-21(2,3)30-20(29)22-15-10-6-7-11-23(19(15)28)12-16(25)31-24-17(26)13-8-4-5-9-14(13)18(24)27/h4-5,8-9,15H,6-7,10-12H2,1-3H3,(H,22,29). The number of benzene rings is 1. The van der Waals surface area contributed by atoms with Gasteiger partial charge in [-0.15, -0.1) is 0 Å². The second kappa shape index (κ2) is 8.75. The second-order valence-electron chi connectivity index (χ2n) is 8.37. The summed E-state index contributed by atoms with van der Waals surface area (Å²) in [5.74, 6) is -2.86. The van der Waals surface area contributed by atoms with E-state index < -0.39 is 48.0 Å². The van der Waals surface area contributed by atoms with Crippen molar-refractivity contribution in [3.05, 3.63) is 35.4 Å². The molecule has 2 aliphatic heterocycles. The van der Waals surface area contributed by atoms with Gasteiger partial charge in [0.25, 0.3) is 11.8 Å². The average molecular weight is 431 g/mol. The fourth-order valence-electron chi connectivity index (χ4n) is 3.38. The minimum atomic E-state index is -0.930. The van der Waals surface area contributed by atoms with E-state index in [0.717, 1.165) is 0 Å². The van der Waals surface area contributed by atoms with Gasteiger partial charge in [-0.3, -0.25) is 14.4 Å². The lowest BCUT2D eigenvalue weighted by atomic mass is 10.1. The highest BCUT2D eigenvalue weighted by Crippen LogP contribution is 2.23. The highest BCUT2D eigenvalue weighted by Gasteiger charge is 2.39. The lowest BCUT2D eigenvalue weighted by molar-refractivity contribution is -0.171. The van der Waals surface area contributed by atoms with E-state index >= 15 is 0 Å². The molecule has 1 atom stereocenters. The van der Waals surface area contributed by atoms with Crippen LogP contribution in [0.2, 0.25) is 0 Å². The van der Waals surface area contributed by atoms with E-state index in [2.05, 4.69) is 5.32 Å². The molecule has 1 unspecified atom stereocenters. The fourth-order valence-corrected chi connectivity index (χ4v) is 3.38. The molecule has 166 valence electrons. The van der Waals surface area contributed by atoms with Crippen molar-refractivity contribution in [2.45, 2.75) is 51.7 Å². The monoisotopic (exact) mass is 431 g/mol. The Morgan fingerprint density at radius 2 is 1.68 bits per heavy atom. The topological polar surface area (TPSA) is 122 Å². The Balaban J connectivity index is 1.61. The highest BCUT2D eigenvalue weighted by molar-refractivity contribution is 6.20. The second-order valence-corrected chi connectivity index (χ2v) is 8.37. The minimum Gasteiger partial charge on any atom is -0.444 e. The number of carbonyl (C=O) groups excluding carboxylic acids is 5. The Bertz CT molecular complexity index is 887. The Morgan fingerprint density at radius 3 is 2.26 bits per heavy atom. The molecule has 31 heavy (non-hydrogen) atoms. The molecule has 1 N–H and O–H groups in total. The predicted octanol–water partition coefficient (Wildman–Crippen LogP) is 1.65. The first-order valence-corrected chi connectivity index (χ1v) is 10.0. The highest BCUT2D eigenvalue weighted by atomic mass is 16.7. The van der Waals surface area contributed by atoms with Crippen LogP contribution in [-0.4, -0.2) is 64.5 Å². The summed E-state index contributed by atoms with van der Waals surface area (Å²) in [5.41, 5.74) is -0.422. The first-order chi connectivity index (χ1) is 14.6. The molecule has 3 rings (SSSR count). The normalized spacial score (nSPS) is 19.1. The number of carbonyl (C=O) groups is 5. The van der Waals surface area contributed by atoms with Gasteiger partial charge in [0.05, 0.1) is 11.1 Å². The van der Waals surface area contributed by atoms with Gasteiger partial charge in [0, 0.05) is 6.54 Å². The van der Waals surface area contributed by atoms with E-state index in [9.17, 15) is 24.0 Å². The van der Waals surface area contributed by atoms with Crippen molar-refractivity contribution in [1.82, 2.24) is 15.3 Å². The van der Waals surface area contributed by atoms with Gasteiger partial charge in [-0.2, -0.15) is 0 Å². The molecule has 1 aromatic rings. The molecule has 1 aromatic carbocycles. The zero-order chi connectivity index (χ0) is 22.8. The van der Waals surface area contributed by atoms with E-state index in [1.807, 2.05) is 0 Å². The average Bonchev–Trinajstić information content (AvgIpc) is 2.81. The molecular formula is C21H25N3O7. The van der Waals surface area contributed by atoms with Crippen molar-refractivity contribution in [2.24, 2.45) is 0 Å². The molecule has 4 amide bonds. The van der Waals surface area contributed by atoms with Crippen LogP contribution < -0.4 is 5.32 Å². The van der Waals surface area contributed by atoms with Crippen LogP contribution in [0.5, 0.6) is 0 Å². The molecule has 0 aliphatic carbocycles. The minimum absolute atomic E-state index is 0.146. The van der Waals surface area contributed by atoms with Crippen molar-refractivity contribution >= 4 is 29.8 Å². The van der Waals surface area contributed by atoms with E-state index in [0.29, 0.717) is 24.3 Å². The Hall–Kier alpha value is -3.43. The van der Waals surface area contributed by atoms with E-state index in [4.69, 9.17) is 9.57 Å². The third-order valence-corrected chi connectivity index (χ3v) is 4.74. The summed E-state index contributed by atoms with van der Waals surface area (Å²) in [6.45, 7) is 4.95. The number of ether oxygens (including phenoxy) is 1. The van der Waals surface area contributed by atoms with Crippen LogP contribution in [0.3, 0.4) is 0 Å². The van der Waals surface area contributed by atoms with Gasteiger partial charge >= 0.3 is 12.1 Å². The van der Waals surface area contributed by atoms with Crippen molar-refractivity contribution in [3.63, 3.8) is 0 Å². The first kappa shape index (κ1) is 22.3. The zero-order valence-corrected chi connectivity index (χ0v) is 17.7. The Labute approximate surface area is 179 Å². The van der Waals surface area contributed by atoms with Gasteiger partial charge in [-0.25, -0.2) is 9.59 Å². The summed E-state index contributed by atoms with van der Waals surface area (Å²) in [4.78, 5) is 68.2. The third-order valence-electron chi connectivity index (χ3n) is 4.74. The molecule has 0 aromatic heterocycles. The predicted molar refractivity (Wildman–Crippen MR) is 107 cm³/mol. The lowest BCUT2D eigenvalue weighted by Crippen LogP contribution is -2.50. The van der Waals surface area contributed by atoms with Crippen LogP contribution in [0.1, 0.15) is 60.7 Å². The number of rotatable bonds is 4. The van der Waals surface area contributed by atoms with Crippen LogP contribution in [-0.2, 0) is 19.2 Å². The van der Waals surface area contributed by atoms with E-state index in [1.54, 1.807) is 32.9 Å². The molecule has 10 nitrogen and oxygen atoms in total. The van der Waals surface area contributed by atoms with E-state index in [-0.39, 0.29) is 17.7 Å². The van der Waals surface area contributed by atoms with Crippen LogP contribution in [0.25, 0.3) is 0 Å². The Morgan fingerprint density at radius 1 is 1.06 bits per heavy atom. The molecular weight excluding hydrogens is 406 g/mol. The molecule has 10 heteroatoms. The van der Waals surface area contributed by atoms with Crippen molar-refractivity contribution in [1.29, 1.82) is 0 Å². The number of likely N-dealkylation sites (tertiary alicyclic amines) is 1. The summed E-state index contributed by atoms with van der Waals surface area (Å²) in [7, 11) is 0. The van der Waals surface area contributed by atoms with Gasteiger partial charge < -0.3 is 19.8 Å². The number of hydrogen-bond donors (Lipinski definition) is 1. The van der Waals surface area contributed by atoms with Crippen LogP contribution in [0.15, 0.2) is 24.3 Å². The summed E-state index contributed by atoms with van der Waals surface area (Å²) in [6.07, 6.45) is 0.970. The fraction of sp³-hybridized carbons (Fsp3) is 0.476. The van der Waals surface area contributed by atoms with Gasteiger partial charge in [0.2, 0.25) is 5.91 Å². The van der Waals surface area contributed by atoms with Crippen molar-refractivity contribution in [3.8, 4) is 0 Å². The summed E-state index contributed by atoms with van der Waals surface area (Å²) in [5, 5.41) is 2.95. The number of alkyl carbamates (subject to hydrolysis) is 1. The zero-order valence-electron chi connectivity index (χ0n) is 17.7. The molecule has 0 spiro atoms. The number of hydroxylamine groups is 2. The first-order valence-electron chi connectivity index (χ1n) is 10.0. The molecule has 0 bridgehead atoms. The smallest absolute Gasteiger partial charge is 0.408 e. The number of nitrogens with zero attached hydrogens (tertiary/aromatic N) is 2. The molecule has 1 saturated heterocycles. The lowest BCUT2D eigenvalue weighted by Gasteiger charge is -2.26. The van der Waals surface area contributed by atoms with Gasteiger partial charge in [0.1, 0.15) is 18.2 Å². The SMILES string of the molecule is CC(C)(C)OC(=O)NC1CCCCN(CC(=O)ON2C(=O)c3ccccc3C2=O)C1=O. The number of fused-ring (bicyclic) bond motifs is 1. The van der Waals surface area contributed by atoms with Crippen molar-refractivity contribution < 1.29 is 33.5 Å². The maximum atomic E-state index is 12.8. The summed E-state index contributed by atoms with van der Waals surface area (Å²) < 4.78 is 5.19. The summed E-state index contributed by atoms with van der Waals surface area (Å²) >= 11 is 0. The van der Waals surface area contributed by atoms with Crippen molar-refractivity contribution in [2.75, 3.05) is 13.1 Å². The largest absolute Gasteiger partial charge is 0.444 e. The molecule has 2 aliphatic rings. The number of hydrogen-bond acceptors (Lipinski definition) is 7. The third kappa shape index (κ3) is 5.19. The number of nitrogens with one attached hydrogen (secondary N) is 1. The van der Waals surface area contributed by atoms with E-state index in [1.165, 1.54) is 17.0 Å².